The summed E-state index contributed by atoms with van der Waals surface area (Å²) >= 11 is 0. The molecular formula is C12H14N4. The predicted octanol–water partition coefficient (Wildman–Crippen LogP) is 1.12. The molecule has 0 saturated carbocycles. The molecule has 2 heterocycles. The van der Waals surface area contributed by atoms with Crippen LogP contribution >= 0.6 is 0 Å². The van der Waals surface area contributed by atoms with E-state index in [1.807, 2.05) is 18.3 Å². The van der Waals surface area contributed by atoms with Gasteiger partial charge in [0.05, 0.1) is 5.52 Å². The molecule has 3 N–H and O–H groups in total. The molecule has 4 nitrogen and oxygen atoms in total. The van der Waals surface area contributed by atoms with Crippen molar-refractivity contribution in [3.63, 3.8) is 0 Å². The number of anilines is 1. The zero-order chi connectivity index (χ0) is 10.8. The SMILES string of the molecule is c1cnc2ccc(NC3NCCN3)cc2c1. The number of fused-ring (bicyclic) bond motifs is 1. The van der Waals surface area contributed by atoms with Crippen molar-refractivity contribution in [2.24, 2.45) is 0 Å². The quantitative estimate of drug-likeness (QED) is 0.701. The van der Waals surface area contributed by atoms with Crippen molar-refractivity contribution < 1.29 is 0 Å². The molecule has 1 fully saturated rings. The van der Waals surface area contributed by atoms with Gasteiger partial charge in [0.1, 0.15) is 6.29 Å². The lowest BCUT2D eigenvalue weighted by atomic mass is 10.2. The fourth-order valence-electron chi connectivity index (χ4n) is 1.94. The second-order valence-electron chi connectivity index (χ2n) is 3.90. The van der Waals surface area contributed by atoms with Crippen LogP contribution in [-0.2, 0) is 0 Å². The maximum absolute atomic E-state index is 4.30. The third-order valence-electron chi connectivity index (χ3n) is 2.74. The summed E-state index contributed by atoms with van der Waals surface area (Å²) in [6, 6.07) is 10.2. The molecule has 0 spiro atoms. The van der Waals surface area contributed by atoms with E-state index in [2.05, 4.69) is 39.1 Å². The van der Waals surface area contributed by atoms with E-state index in [-0.39, 0.29) is 6.29 Å². The van der Waals surface area contributed by atoms with Crippen molar-refractivity contribution in [1.82, 2.24) is 15.6 Å². The first-order valence-corrected chi connectivity index (χ1v) is 5.50. The minimum absolute atomic E-state index is 0.175. The molecule has 2 aromatic rings. The van der Waals surface area contributed by atoms with E-state index in [1.54, 1.807) is 0 Å². The lowest BCUT2D eigenvalue weighted by Crippen LogP contribution is -2.38. The van der Waals surface area contributed by atoms with Crippen LogP contribution in [0, 0.1) is 0 Å². The third-order valence-corrected chi connectivity index (χ3v) is 2.74. The minimum atomic E-state index is 0.175. The van der Waals surface area contributed by atoms with E-state index in [9.17, 15) is 0 Å². The Morgan fingerprint density at radius 1 is 1.19 bits per heavy atom. The maximum Gasteiger partial charge on any atom is 0.132 e. The molecule has 16 heavy (non-hydrogen) atoms. The Morgan fingerprint density at radius 2 is 2.06 bits per heavy atom. The summed E-state index contributed by atoms with van der Waals surface area (Å²) in [5, 5.41) is 11.2. The molecule has 3 rings (SSSR count). The Labute approximate surface area is 94.1 Å². The van der Waals surface area contributed by atoms with E-state index in [1.165, 1.54) is 0 Å². The molecule has 4 heteroatoms. The van der Waals surface area contributed by atoms with Crippen LogP contribution in [0.3, 0.4) is 0 Å². The van der Waals surface area contributed by atoms with Crippen molar-refractivity contribution in [3.8, 4) is 0 Å². The van der Waals surface area contributed by atoms with E-state index in [0.717, 1.165) is 29.7 Å². The lowest BCUT2D eigenvalue weighted by Gasteiger charge is -2.14. The van der Waals surface area contributed by atoms with Gasteiger partial charge in [-0.1, -0.05) is 6.07 Å². The highest BCUT2D eigenvalue weighted by Crippen LogP contribution is 2.17. The van der Waals surface area contributed by atoms with Gasteiger partial charge in [0.2, 0.25) is 0 Å². The normalized spacial score (nSPS) is 16.8. The smallest absolute Gasteiger partial charge is 0.132 e. The summed E-state index contributed by atoms with van der Waals surface area (Å²) in [4.78, 5) is 4.30. The molecule has 0 unspecified atom stereocenters. The van der Waals surface area contributed by atoms with Crippen LogP contribution in [0.25, 0.3) is 10.9 Å². The Kier molecular flexibility index (Phi) is 2.44. The third kappa shape index (κ3) is 1.85. The number of aromatic nitrogens is 1. The van der Waals surface area contributed by atoms with Crippen molar-refractivity contribution in [2.75, 3.05) is 18.4 Å². The van der Waals surface area contributed by atoms with Crippen molar-refractivity contribution in [2.45, 2.75) is 6.29 Å². The molecule has 0 amide bonds. The average Bonchev–Trinajstić information content (AvgIpc) is 2.82. The highest BCUT2D eigenvalue weighted by molar-refractivity contribution is 5.82. The summed E-state index contributed by atoms with van der Waals surface area (Å²) in [5.74, 6) is 0. The summed E-state index contributed by atoms with van der Waals surface area (Å²) in [6.07, 6.45) is 1.99. The van der Waals surface area contributed by atoms with Crippen LogP contribution in [0.4, 0.5) is 5.69 Å². The van der Waals surface area contributed by atoms with Crippen LogP contribution in [-0.4, -0.2) is 24.4 Å². The van der Waals surface area contributed by atoms with Gasteiger partial charge in [-0.05, 0) is 24.3 Å². The van der Waals surface area contributed by atoms with E-state index in [4.69, 9.17) is 0 Å². The fraction of sp³-hybridized carbons (Fsp3) is 0.250. The van der Waals surface area contributed by atoms with Gasteiger partial charge in [-0.15, -0.1) is 0 Å². The Balaban J connectivity index is 1.86. The predicted molar refractivity (Wildman–Crippen MR) is 65.2 cm³/mol. The largest absolute Gasteiger partial charge is 0.358 e. The molecular weight excluding hydrogens is 200 g/mol. The number of pyridine rings is 1. The second-order valence-corrected chi connectivity index (χ2v) is 3.90. The maximum atomic E-state index is 4.30. The van der Waals surface area contributed by atoms with Gasteiger partial charge < -0.3 is 5.32 Å². The number of benzene rings is 1. The van der Waals surface area contributed by atoms with E-state index in [0.29, 0.717) is 0 Å². The first kappa shape index (κ1) is 9.57. The standard InChI is InChI=1S/C12H14N4/c1-2-9-8-10(3-4-11(9)13-5-1)16-12-14-6-7-15-12/h1-5,8,12,14-16H,6-7H2. The van der Waals surface area contributed by atoms with Gasteiger partial charge in [0, 0.05) is 30.4 Å². The zero-order valence-corrected chi connectivity index (χ0v) is 8.90. The fourth-order valence-corrected chi connectivity index (χ4v) is 1.94. The van der Waals surface area contributed by atoms with Gasteiger partial charge in [-0.25, -0.2) is 0 Å². The number of nitrogens with zero attached hydrogens (tertiary/aromatic N) is 1. The number of hydrogen-bond donors (Lipinski definition) is 3. The number of nitrogens with one attached hydrogen (secondary N) is 3. The summed E-state index contributed by atoms with van der Waals surface area (Å²) in [7, 11) is 0. The van der Waals surface area contributed by atoms with Crippen LogP contribution < -0.4 is 16.0 Å². The first-order chi connectivity index (χ1) is 7.92. The van der Waals surface area contributed by atoms with Crippen molar-refractivity contribution >= 4 is 16.6 Å². The Hall–Kier alpha value is -1.65. The molecule has 1 aliphatic rings. The first-order valence-electron chi connectivity index (χ1n) is 5.50. The van der Waals surface area contributed by atoms with Gasteiger partial charge in [0.25, 0.3) is 0 Å². The molecule has 82 valence electrons. The topological polar surface area (TPSA) is 49.0 Å². The summed E-state index contributed by atoms with van der Waals surface area (Å²) in [5.41, 5.74) is 2.13. The number of rotatable bonds is 2. The van der Waals surface area contributed by atoms with Crippen LogP contribution in [0.1, 0.15) is 0 Å². The monoisotopic (exact) mass is 214 g/mol. The van der Waals surface area contributed by atoms with Crippen molar-refractivity contribution in [1.29, 1.82) is 0 Å². The van der Waals surface area contributed by atoms with Crippen molar-refractivity contribution in [3.05, 3.63) is 36.5 Å². The zero-order valence-electron chi connectivity index (χ0n) is 8.90. The summed E-state index contributed by atoms with van der Waals surface area (Å²) in [6.45, 7) is 2.01. The van der Waals surface area contributed by atoms with Gasteiger partial charge in [-0.2, -0.15) is 0 Å². The number of hydrogen-bond acceptors (Lipinski definition) is 4. The second kappa shape index (κ2) is 4.08. The highest BCUT2D eigenvalue weighted by Gasteiger charge is 2.11. The molecule has 0 bridgehead atoms. The van der Waals surface area contributed by atoms with E-state index < -0.39 is 0 Å². The van der Waals surface area contributed by atoms with E-state index >= 15 is 0 Å². The highest BCUT2D eigenvalue weighted by atomic mass is 15.3. The molecule has 0 aliphatic carbocycles. The molecule has 1 aromatic heterocycles. The molecule has 1 saturated heterocycles. The van der Waals surface area contributed by atoms with Crippen LogP contribution in [0.15, 0.2) is 36.5 Å². The molecule has 0 atom stereocenters. The van der Waals surface area contributed by atoms with Crippen LogP contribution in [0.5, 0.6) is 0 Å². The van der Waals surface area contributed by atoms with Gasteiger partial charge in [-0.3, -0.25) is 15.6 Å². The molecule has 1 aliphatic heterocycles. The minimum Gasteiger partial charge on any atom is -0.358 e. The molecule has 0 radical (unpaired) electrons. The Bertz CT molecular complexity index is 491. The average molecular weight is 214 g/mol. The Morgan fingerprint density at radius 3 is 2.94 bits per heavy atom. The van der Waals surface area contributed by atoms with Crippen LogP contribution in [0.2, 0.25) is 0 Å². The lowest BCUT2D eigenvalue weighted by molar-refractivity contribution is 0.621. The van der Waals surface area contributed by atoms with Gasteiger partial charge in [0.15, 0.2) is 0 Å². The molecule has 1 aromatic carbocycles. The van der Waals surface area contributed by atoms with Gasteiger partial charge >= 0.3 is 0 Å². The summed E-state index contributed by atoms with van der Waals surface area (Å²) < 4.78 is 0.